The Morgan fingerprint density at radius 2 is 1.51 bits per heavy atom. The molecule has 4 heteroatoms. The predicted octanol–water partition coefficient (Wildman–Crippen LogP) is 5.75. The number of anilines is 2. The average Bonchev–Trinajstić information content (AvgIpc) is 3.47. The molecule has 0 saturated carbocycles. The van der Waals surface area contributed by atoms with Gasteiger partial charge in [0.15, 0.2) is 13.3 Å². The second-order valence-corrected chi connectivity index (χ2v) is 10.4. The van der Waals surface area contributed by atoms with Gasteiger partial charge in [0.2, 0.25) is 5.71 Å². The van der Waals surface area contributed by atoms with Crippen molar-refractivity contribution in [3.63, 3.8) is 0 Å². The summed E-state index contributed by atoms with van der Waals surface area (Å²) in [5, 5.41) is 2.61. The van der Waals surface area contributed by atoms with Gasteiger partial charge in [-0.15, -0.1) is 4.68 Å². The third-order valence-electron chi connectivity index (χ3n) is 8.74. The highest BCUT2D eigenvalue weighted by Gasteiger charge is 2.42. The lowest BCUT2D eigenvalue weighted by molar-refractivity contribution is -0.552. The van der Waals surface area contributed by atoms with Crippen molar-refractivity contribution < 1.29 is 4.68 Å². The minimum Gasteiger partial charge on any atom is -0.346 e. The maximum absolute atomic E-state index is 2.68. The van der Waals surface area contributed by atoms with Gasteiger partial charge in [-0.2, -0.15) is 5.01 Å². The van der Waals surface area contributed by atoms with Crippen LogP contribution in [0.1, 0.15) is 48.9 Å². The van der Waals surface area contributed by atoms with Gasteiger partial charge in [-0.25, -0.2) is 0 Å². The van der Waals surface area contributed by atoms with Gasteiger partial charge in [-0.3, -0.25) is 0 Å². The Morgan fingerprint density at radius 3 is 2.34 bits per heavy atom. The van der Waals surface area contributed by atoms with Crippen LogP contribution in [0, 0.1) is 0 Å². The molecular weight excluding hydrogens is 425 g/mol. The Kier molecular flexibility index (Phi) is 4.90. The first-order valence-electron chi connectivity index (χ1n) is 13.5. The van der Waals surface area contributed by atoms with E-state index in [1.807, 2.05) is 0 Å². The molecule has 0 amide bonds. The van der Waals surface area contributed by atoms with Crippen LogP contribution < -0.4 is 15.4 Å². The van der Waals surface area contributed by atoms with Gasteiger partial charge < -0.3 is 4.90 Å². The van der Waals surface area contributed by atoms with Crippen molar-refractivity contribution in [3.05, 3.63) is 94.7 Å². The number of hydrogen-bond donors (Lipinski definition) is 0. The fourth-order valence-corrected chi connectivity index (χ4v) is 7.19. The van der Waals surface area contributed by atoms with Crippen LogP contribution in [-0.2, 0) is 13.0 Å². The monoisotopic (exact) mass is 458 g/mol. The molecule has 0 radical (unpaired) electrons. The summed E-state index contributed by atoms with van der Waals surface area (Å²) in [5.41, 5.74) is 14.9. The van der Waals surface area contributed by atoms with E-state index in [4.69, 9.17) is 0 Å². The van der Waals surface area contributed by atoms with Crippen LogP contribution in [0.5, 0.6) is 0 Å². The zero-order valence-corrected chi connectivity index (χ0v) is 20.9. The van der Waals surface area contributed by atoms with Crippen LogP contribution in [0.2, 0.25) is 12.6 Å². The van der Waals surface area contributed by atoms with Crippen molar-refractivity contribution in [3.8, 4) is 0 Å². The van der Waals surface area contributed by atoms with Crippen molar-refractivity contribution in [1.82, 2.24) is 0 Å². The summed E-state index contributed by atoms with van der Waals surface area (Å²) in [4.78, 5) is 2.68. The minimum atomic E-state index is 0.665. The van der Waals surface area contributed by atoms with Crippen molar-refractivity contribution in [2.45, 2.75) is 52.3 Å². The van der Waals surface area contributed by atoms with Crippen LogP contribution in [-0.4, -0.2) is 30.2 Å². The summed E-state index contributed by atoms with van der Waals surface area (Å²) < 4.78 is 2.58. The van der Waals surface area contributed by atoms with Crippen molar-refractivity contribution in [2.75, 3.05) is 23.0 Å². The average molecular weight is 458 g/mol. The van der Waals surface area contributed by atoms with Gasteiger partial charge in [0.1, 0.15) is 0 Å². The summed E-state index contributed by atoms with van der Waals surface area (Å²) in [6.07, 6.45) is 5.70. The fraction of sp³-hybridized carbons (Fsp3) is 0.323. The van der Waals surface area contributed by atoms with Crippen LogP contribution >= 0.6 is 0 Å². The van der Waals surface area contributed by atoms with E-state index in [9.17, 15) is 0 Å². The summed E-state index contributed by atoms with van der Waals surface area (Å²) >= 11 is 0. The Balaban J connectivity index is 1.33. The molecule has 3 heterocycles. The minimum absolute atomic E-state index is 0.665. The molecule has 0 fully saturated rings. The highest BCUT2D eigenvalue weighted by atomic mass is 15.6. The normalized spacial score (nSPS) is 18.3. The van der Waals surface area contributed by atoms with Gasteiger partial charge in [0, 0.05) is 36.3 Å². The molecule has 0 bridgehead atoms. The zero-order chi connectivity index (χ0) is 23.5. The van der Waals surface area contributed by atoms with Gasteiger partial charge in [-0.05, 0) is 53.1 Å². The molecule has 0 atom stereocenters. The molecule has 0 N–H and O–H groups in total. The number of fused-ring (bicyclic) bond motifs is 2. The Bertz CT molecular complexity index is 1300. The molecule has 7 rings (SSSR count). The maximum Gasteiger partial charge on any atom is 0.214 e. The number of benzene rings is 3. The van der Waals surface area contributed by atoms with Crippen LogP contribution in [0.15, 0.2) is 72.4 Å². The molecule has 3 aliphatic heterocycles. The van der Waals surface area contributed by atoms with E-state index >= 15 is 0 Å². The van der Waals surface area contributed by atoms with Gasteiger partial charge in [0.25, 0.3) is 0 Å². The zero-order valence-electron chi connectivity index (χ0n) is 20.9. The third kappa shape index (κ3) is 3.08. The molecule has 0 aromatic heterocycles. The topological polar surface area (TPSA) is 9.49 Å². The van der Waals surface area contributed by atoms with E-state index in [0.717, 1.165) is 38.9 Å². The highest BCUT2D eigenvalue weighted by molar-refractivity contribution is 6.77. The van der Waals surface area contributed by atoms with E-state index in [0.29, 0.717) is 6.71 Å². The van der Waals surface area contributed by atoms with E-state index < -0.39 is 0 Å². The fourth-order valence-electron chi connectivity index (χ4n) is 7.19. The summed E-state index contributed by atoms with van der Waals surface area (Å²) in [5.74, 6) is 0. The van der Waals surface area contributed by atoms with Gasteiger partial charge >= 0.3 is 0 Å². The van der Waals surface area contributed by atoms with Gasteiger partial charge in [-0.1, -0.05) is 68.7 Å². The van der Waals surface area contributed by atoms with E-state index in [1.54, 1.807) is 11.0 Å². The maximum atomic E-state index is 2.68. The Labute approximate surface area is 209 Å². The number of hydrogen-bond acceptors (Lipinski definition) is 2. The number of hydrazone groups is 1. The first kappa shape index (κ1) is 21.1. The van der Waals surface area contributed by atoms with Crippen LogP contribution in [0.3, 0.4) is 0 Å². The first-order chi connectivity index (χ1) is 17.3. The molecule has 1 aliphatic carbocycles. The molecular formula is C31H33BN3+. The van der Waals surface area contributed by atoms with E-state index in [1.165, 1.54) is 57.7 Å². The van der Waals surface area contributed by atoms with Crippen LogP contribution in [0.25, 0.3) is 5.57 Å². The van der Waals surface area contributed by atoms with Crippen LogP contribution in [0.4, 0.5) is 11.4 Å². The largest absolute Gasteiger partial charge is 0.346 e. The van der Waals surface area contributed by atoms with Gasteiger partial charge in [0.05, 0.1) is 17.8 Å². The SMILES string of the molecule is CCC1=C(N2CCB3CCN([N+]4=C(CC)c5ccccc5C4)c4cccc2c43)Cc2ccccc21. The lowest BCUT2D eigenvalue weighted by Gasteiger charge is -2.41. The summed E-state index contributed by atoms with van der Waals surface area (Å²) in [7, 11) is 0. The quantitative estimate of drug-likeness (QED) is 0.364. The van der Waals surface area contributed by atoms with Crippen molar-refractivity contribution >= 4 is 34.8 Å². The second-order valence-electron chi connectivity index (χ2n) is 10.4. The standard InChI is InChI=1S/C31H33BN3/c1-3-24-25-12-7-5-10-22(25)20-30(24)33-18-16-32-17-19-34(29-15-9-14-28(33)31(29)32)35-21-23-11-6-8-13-26(23)27(35)4-2/h5-15H,3-4,16-21H2,1-2H3/q+1. The predicted molar refractivity (Wildman–Crippen MR) is 148 cm³/mol. The highest BCUT2D eigenvalue weighted by Crippen LogP contribution is 2.41. The van der Waals surface area contributed by atoms with Crippen molar-refractivity contribution in [1.29, 1.82) is 0 Å². The summed E-state index contributed by atoms with van der Waals surface area (Å²) in [6.45, 7) is 8.51. The molecule has 3 aromatic carbocycles. The Hall–Kier alpha value is -3.27. The third-order valence-corrected chi connectivity index (χ3v) is 8.74. The first-order valence-corrected chi connectivity index (χ1v) is 13.5. The number of hydrazine groups is 1. The molecule has 35 heavy (non-hydrogen) atoms. The van der Waals surface area contributed by atoms with E-state index in [-0.39, 0.29) is 0 Å². The number of rotatable bonds is 4. The second kappa shape index (κ2) is 8.15. The molecule has 0 saturated heterocycles. The lowest BCUT2D eigenvalue weighted by Crippen LogP contribution is -2.54. The lowest BCUT2D eigenvalue weighted by atomic mass is 9.37. The molecule has 0 spiro atoms. The molecule has 4 aliphatic rings. The molecule has 174 valence electrons. The van der Waals surface area contributed by atoms with Crippen molar-refractivity contribution in [2.24, 2.45) is 0 Å². The Morgan fingerprint density at radius 1 is 0.771 bits per heavy atom. The molecule has 3 aromatic rings. The summed E-state index contributed by atoms with van der Waals surface area (Å²) in [6, 6.07) is 25.1. The number of allylic oxidation sites excluding steroid dienone is 2. The number of nitrogens with zero attached hydrogens (tertiary/aromatic N) is 3. The van der Waals surface area contributed by atoms with E-state index in [2.05, 4.69) is 95.2 Å². The molecule has 3 nitrogen and oxygen atoms in total. The molecule has 0 unspecified atom stereocenters. The smallest absolute Gasteiger partial charge is 0.214 e.